The third-order valence-electron chi connectivity index (χ3n) is 3.55. The Labute approximate surface area is 94.4 Å². The van der Waals surface area contributed by atoms with Crippen molar-refractivity contribution < 1.29 is 0 Å². The molecule has 2 aliphatic rings. The van der Waals surface area contributed by atoms with Gasteiger partial charge in [0, 0.05) is 23.6 Å². The quantitative estimate of drug-likeness (QED) is 0.832. The zero-order valence-electron chi connectivity index (χ0n) is 8.91. The number of rotatable bonds is 2. The molecule has 3 rings (SSSR count). The van der Waals surface area contributed by atoms with Crippen LogP contribution in [-0.4, -0.2) is 15.5 Å². The van der Waals surface area contributed by atoms with Gasteiger partial charge in [-0.2, -0.15) is 16.9 Å². The number of hydrogen-bond donors (Lipinski definition) is 1. The summed E-state index contributed by atoms with van der Waals surface area (Å²) in [5, 5.41) is 4.71. The van der Waals surface area contributed by atoms with Crippen molar-refractivity contribution in [3.63, 3.8) is 0 Å². The van der Waals surface area contributed by atoms with Crippen molar-refractivity contribution >= 4 is 11.8 Å². The van der Waals surface area contributed by atoms with Crippen LogP contribution in [0.25, 0.3) is 0 Å². The molecule has 1 aliphatic heterocycles. The third-order valence-corrected chi connectivity index (χ3v) is 4.53. The second-order valence-electron chi connectivity index (χ2n) is 4.41. The van der Waals surface area contributed by atoms with E-state index in [2.05, 4.69) is 4.68 Å². The molecular formula is C11H17N3S. The topological polar surface area (TPSA) is 43.8 Å². The average molecular weight is 223 g/mol. The SMILES string of the molecule is NCc1nn(C2CCC2)c2c1CSCC2. The monoisotopic (exact) mass is 223 g/mol. The molecule has 1 aromatic rings. The molecule has 2 heterocycles. The van der Waals surface area contributed by atoms with Gasteiger partial charge in [0.05, 0.1) is 11.7 Å². The number of fused-ring (bicyclic) bond motifs is 1. The molecule has 1 aromatic heterocycles. The van der Waals surface area contributed by atoms with Crippen molar-refractivity contribution in [2.45, 2.75) is 44.0 Å². The highest BCUT2D eigenvalue weighted by Crippen LogP contribution is 2.36. The van der Waals surface area contributed by atoms with Crippen molar-refractivity contribution in [1.29, 1.82) is 0 Å². The summed E-state index contributed by atoms with van der Waals surface area (Å²) in [7, 11) is 0. The van der Waals surface area contributed by atoms with Gasteiger partial charge in [0.1, 0.15) is 0 Å². The first kappa shape index (κ1) is 9.73. The summed E-state index contributed by atoms with van der Waals surface area (Å²) in [6.45, 7) is 0.600. The Kier molecular flexibility index (Phi) is 2.48. The van der Waals surface area contributed by atoms with Crippen LogP contribution in [0.4, 0.5) is 0 Å². The van der Waals surface area contributed by atoms with E-state index in [1.54, 1.807) is 0 Å². The van der Waals surface area contributed by atoms with Crippen LogP contribution in [0.3, 0.4) is 0 Å². The lowest BCUT2D eigenvalue weighted by Gasteiger charge is -2.28. The van der Waals surface area contributed by atoms with Gasteiger partial charge in [0.25, 0.3) is 0 Å². The molecule has 2 N–H and O–H groups in total. The summed E-state index contributed by atoms with van der Waals surface area (Å²) in [5.74, 6) is 2.37. The van der Waals surface area contributed by atoms with Crippen LogP contribution in [0.2, 0.25) is 0 Å². The second-order valence-corrected chi connectivity index (χ2v) is 5.51. The highest BCUT2D eigenvalue weighted by atomic mass is 32.2. The van der Waals surface area contributed by atoms with Gasteiger partial charge in [0.15, 0.2) is 0 Å². The maximum Gasteiger partial charge on any atom is 0.0803 e. The van der Waals surface area contributed by atoms with Gasteiger partial charge in [-0.15, -0.1) is 0 Å². The highest BCUT2D eigenvalue weighted by Gasteiger charge is 2.27. The van der Waals surface area contributed by atoms with E-state index in [1.807, 2.05) is 11.8 Å². The zero-order chi connectivity index (χ0) is 10.3. The van der Waals surface area contributed by atoms with Crippen molar-refractivity contribution in [3.8, 4) is 0 Å². The summed E-state index contributed by atoms with van der Waals surface area (Å²) in [6.07, 6.45) is 5.17. The molecule has 0 radical (unpaired) electrons. The predicted molar refractivity (Wildman–Crippen MR) is 62.9 cm³/mol. The summed E-state index contributed by atoms with van der Waals surface area (Å²) in [6, 6.07) is 0.683. The van der Waals surface area contributed by atoms with Crippen LogP contribution in [0.15, 0.2) is 0 Å². The molecule has 1 saturated carbocycles. The average Bonchev–Trinajstić information content (AvgIpc) is 2.55. The van der Waals surface area contributed by atoms with E-state index < -0.39 is 0 Å². The van der Waals surface area contributed by atoms with Crippen LogP contribution in [-0.2, 0) is 18.7 Å². The van der Waals surface area contributed by atoms with Gasteiger partial charge in [-0.3, -0.25) is 4.68 Å². The van der Waals surface area contributed by atoms with Crippen molar-refractivity contribution in [2.24, 2.45) is 5.73 Å². The molecule has 15 heavy (non-hydrogen) atoms. The van der Waals surface area contributed by atoms with Crippen molar-refractivity contribution in [1.82, 2.24) is 9.78 Å². The molecule has 0 saturated heterocycles. The third kappa shape index (κ3) is 1.51. The number of nitrogens with two attached hydrogens (primary N) is 1. The van der Waals surface area contributed by atoms with Gasteiger partial charge in [-0.05, 0) is 31.4 Å². The Hall–Kier alpha value is -0.480. The number of nitrogens with zero attached hydrogens (tertiary/aromatic N) is 2. The van der Waals surface area contributed by atoms with E-state index in [1.165, 1.54) is 42.7 Å². The van der Waals surface area contributed by atoms with Crippen molar-refractivity contribution in [2.75, 3.05) is 5.75 Å². The summed E-state index contributed by atoms with van der Waals surface area (Å²) >= 11 is 2.01. The number of hydrogen-bond acceptors (Lipinski definition) is 3. The maximum atomic E-state index is 5.76. The minimum Gasteiger partial charge on any atom is -0.325 e. The Morgan fingerprint density at radius 1 is 1.47 bits per heavy atom. The Bertz CT molecular complexity index is 368. The van der Waals surface area contributed by atoms with E-state index >= 15 is 0 Å². The normalized spacial score (nSPS) is 21.1. The van der Waals surface area contributed by atoms with Crippen LogP contribution in [0, 0.1) is 0 Å². The predicted octanol–water partition coefficient (Wildman–Crippen LogP) is 1.86. The van der Waals surface area contributed by atoms with Crippen LogP contribution >= 0.6 is 11.8 Å². The van der Waals surface area contributed by atoms with Gasteiger partial charge in [-0.1, -0.05) is 0 Å². The lowest BCUT2D eigenvalue weighted by Crippen LogP contribution is -2.21. The molecule has 0 unspecified atom stereocenters. The lowest BCUT2D eigenvalue weighted by atomic mass is 9.93. The van der Waals surface area contributed by atoms with E-state index in [-0.39, 0.29) is 0 Å². The first-order chi connectivity index (χ1) is 7.40. The van der Waals surface area contributed by atoms with E-state index in [0.717, 1.165) is 11.4 Å². The van der Waals surface area contributed by atoms with Crippen LogP contribution in [0.1, 0.15) is 42.3 Å². The minimum absolute atomic E-state index is 0.600. The maximum absolute atomic E-state index is 5.76. The molecule has 1 aliphatic carbocycles. The largest absolute Gasteiger partial charge is 0.325 e. The molecule has 0 aromatic carbocycles. The fourth-order valence-corrected chi connectivity index (χ4v) is 3.45. The smallest absolute Gasteiger partial charge is 0.0803 e. The first-order valence-electron chi connectivity index (χ1n) is 5.77. The Morgan fingerprint density at radius 2 is 2.33 bits per heavy atom. The van der Waals surface area contributed by atoms with Crippen LogP contribution < -0.4 is 5.73 Å². The Balaban J connectivity index is 2.01. The standard InChI is InChI=1S/C11H17N3S/c12-6-10-9-7-15-5-4-11(9)14(13-10)8-2-1-3-8/h8H,1-7,12H2. The highest BCUT2D eigenvalue weighted by molar-refractivity contribution is 7.98. The molecular weight excluding hydrogens is 206 g/mol. The summed E-state index contributed by atoms with van der Waals surface area (Å²) < 4.78 is 2.29. The van der Waals surface area contributed by atoms with Crippen LogP contribution in [0.5, 0.6) is 0 Å². The molecule has 0 amide bonds. The summed E-state index contributed by atoms with van der Waals surface area (Å²) in [4.78, 5) is 0. The molecule has 0 spiro atoms. The van der Waals surface area contributed by atoms with E-state index in [9.17, 15) is 0 Å². The Morgan fingerprint density at radius 3 is 3.00 bits per heavy atom. The van der Waals surface area contributed by atoms with E-state index in [0.29, 0.717) is 12.6 Å². The number of thioether (sulfide) groups is 1. The second kappa shape index (κ2) is 3.83. The fourth-order valence-electron chi connectivity index (χ4n) is 2.43. The first-order valence-corrected chi connectivity index (χ1v) is 6.92. The summed E-state index contributed by atoms with van der Waals surface area (Å²) in [5.41, 5.74) is 9.83. The molecule has 1 fully saturated rings. The molecule has 3 nitrogen and oxygen atoms in total. The molecule has 82 valence electrons. The minimum atomic E-state index is 0.600. The van der Waals surface area contributed by atoms with Gasteiger partial charge in [0.2, 0.25) is 0 Å². The number of aromatic nitrogens is 2. The molecule has 0 atom stereocenters. The zero-order valence-corrected chi connectivity index (χ0v) is 9.72. The fraction of sp³-hybridized carbons (Fsp3) is 0.727. The van der Waals surface area contributed by atoms with Gasteiger partial charge >= 0.3 is 0 Å². The van der Waals surface area contributed by atoms with E-state index in [4.69, 9.17) is 10.8 Å². The van der Waals surface area contributed by atoms with Gasteiger partial charge < -0.3 is 5.73 Å². The van der Waals surface area contributed by atoms with Crippen molar-refractivity contribution in [3.05, 3.63) is 17.0 Å². The molecule has 4 heteroatoms. The molecule has 0 bridgehead atoms. The van der Waals surface area contributed by atoms with Gasteiger partial charge in [-0.25, -0.2) is 0 Å². The lowest BCUT2D eigenvalue weighted by molar-refractivity contribution is 0.281.